The molecule has 0 aliphatic rings. The summed E-state index contributed by atoms with van der Waals surface area (Å²) in [5, 5.41) is 3.19. The molecule has 1 aromatic heterocycles. The third kappa shape index (κ3) is 2.56. The normalized spacial score (nSPS) is 10.8. The number of hydrogen-bond acceptors (Lipinski definition) is 2. The molecule has 0 amide bonds. The zero-order valence-corrected chi connectivity index (χ0v) is 13.8. The molecule has 0 aliphatic heterocycles. The van der Waals surface area contributed by atoms with Gasteiger partial charge in [0.15, 0.2) is 0 Å². The van der Waals surface area contributed by atoms with Gasteiger partial charge in [0, 0.05) is 21.0 Å². The predicted molar refractivity (Wildman–Crippen MR) is 90.2 cm³/mol. The third-order valence-electron chi connectivity index (χ3n) is 3.26. The predicted octanol–water partition coefficient (Wildman–Crippen LogP) is 5.86. The van der Waals surface area contributed by atoms with Crippen molar-refractivity contribution in [1.29, 1.82) is 0 Å². The number of hydrogen-bond donors (Lipinski definition) is 0. The van der Waals surface area contributed by atoms with E-state index in [2.05, 4.69) is 59.4 Å². The van der Waals surface area contributed by atoms with Gasteiger partial charge < -0.3 is 0 Å². The molecule has 3 aromatic rings. The minimum absolute atomic E-state index is 1.05. The van der Waals surface area contributed by atoms with Crippen molar-refractivity contribution >= 4 is 27.3 Å². The molecule has 1 heterocycles. The lowest BCUT2D eigenvalue weighted by molar-refractivity contribution is 1.32. The van der Waals surface area contributed by atoms with Gasteiger partial charge in [-0.3, -0.25) is 0 Å². The van der Waals surface area contributed by atoms with E-state index in [9.17, 15) is 0 Å². The van der Waals surface area contributed by atoms with Crippen molar-refractivity contribution in [3.05, 3.63) is 63.4 Å². The van der Waals surface area contributed by atoms with Gasteiger partial charge in [0.25, 0.3) is 0 Å². The smallest absolute Gasteiger partial charge is 0.124 e. The first kappa shape index (κ1) is 13.5. The lowest BCUT2D eigenvalue weighted by Crippen LogP contribution is -1.85. The number of rotatable bonds is 2. The van der Waals surface area contributed by atoms with E-state index in [1.54, 1.807) is 11.3 Å². The summed E-state index contributed by atoms with van der Waals surface area (Å²) >= 11 is 5.31. The summed E-state index contributed by atoms with van der Waals surface area (Å²) in [7, 11) is 0. The fraction of sp³-hybridized carbons (Fsp3) is 0.118. The highest BCUT2D eigenvalue weighted by Crippen LogP contribution is 2.32. The van der Waals surface area contributed by atoms with Crippen LogP contribution in [-0.4, -0.2) is 4.98 Å². The minimum atomic E-state index is 1.05. The van der Waals surface area contributed by atoms with E-state index in [1.165, 1.54) is 26.7 Å². The highest BCUT2D eigenvalue weighted by Gasteiger charge is 2.09. The van der Waals surface area contributed by atoms with Crippen LogP contribution in [0.25, 0.3) is 21.8 Å². The fourth-order valence-electron chi connectivity index (χ4n) is 2.22. The maximum absolute atomic E-state index is 4.77. The fourth-order valence-corrected chi connectivity index (χ4v) is 3.26. The van der Waals surface area contributed by atoms with Gasteiger partial charge in [-0.1, -0.05) is 46.3 Å². The molecular weight excluding hydrogens is 330 g/mol. The zero-order chi connectivity index (χ0) is 14.1. The first-order chi connectivity index (χ1) is 9.65. The molecule has 0 atom stereocenters. The zero-order valence-electron chi connectivity index (χ0n) is 11.4. The Morgan fingerprint density at radius 1 is 0.950 bits per heavy atom. The summed E-state index contributed by atoms with van der Waals surface area (Å²) in [5.74, 6) is 0. The van der Waals surface area contributed by atoms with Crippen LogP contribution >= 0.6 is 27.3 Å². The quantitative estimate of drug-likeness (QED) is 0.568. The molecular formula is C17H14BrNS. The lowest BCUT2D eigenvalue weighted by atomic mass is 10.1. The average Bonchev–Trinajstić information content (AvgIpc) is 2.95. The van der Waals surface area contributed by atoms with E-state index < -0.39 is 0 Å². The lowest BCUT2D eigenvalue weighted by Gasteiger charge is -2.05. The second-order valence-corrected chi connectivity index (χ2v) is 6.48. The molecule has 2 aromatic carbocycles. The Morgan fingerprint density at radius 2 is 1.60 bits per heavy atom. The van der Waals surface area contributed by atoms with Gasteiger partial charge in [-0.05, 0) is 37.1 Å². The number of benzene rings is 2. The monoisotopic (exact) mass is 343 g/mol. The van der Waals surface area contributed by atoms with E-state index in [0.717, 1.165) is 10.7 Å². The molecule has 3 rings (SSSR count). The minimum Gasteiger partial charge on any atom is -0.236 e. The van der Waals surface area contributed by atoms with Gasteiger partial charge in [0.2, 0.25) is 0 Å². The Balaban J connectivity index is 2.03. The van der Waals surface area contributed by atoms with Gasteiger partial charge in [0.05, 0.1) is 5.69 Å². The molecule has 3 heteroatoms. The van der Waals surface area contributed by atoms with Crippen molar-refractivity contribution in [2.24, 2.45) is 0 Å². The molecule has 0 unspecified atom stereocenters. The van der Waals surface area contributed by atoms with Crippen LogP contribution in [0.4, 0.5) is 0 Å². The second-order valence-electron chi connectivity index (χ2n) is 4.83. The van der Waals surface area contributed by atoms with Gasteiger partial charge in [-0.25, -0.2) is 4.98 Å². The van der Waals surface area contributed by atoms with Crippen LogP contribution in [-0.2, 0) is 0 Å². The summed E-state index contributed by atoms with van der Waals surface area (Å²) in [4.78, 5) is 4.77. The molecule has 100 valence electrons. The molecule has 0 spiro atoms. The van der Waals surface area contributed by atoms with E-state index in [-0.39, 0.29) is 0 Å². The Kier molecular flexibility index (Phi) is 3.72. The van der Waals surface area contributed by atoms with Crippen molar-refractivity contribution in [3.8, 4) is 21.8 Å². The highest BCUT2D eigenvalue weighted by molar-refractivity contribution is 9.10. The summed E-state index contributed by atoms with van der Waals surface area (Å²) < 4.78 is 1.18. The van der Waals surface area contributed by atoms with Crippen molar-refractivity contribution in [2.45, 2.75) is 13.8 Å². The topological polar surface area (TPSA) is 12.9 Å². The molecule has 0 fully saturated rings. The number of halogens is 1. The SMILES string of the molecule is Cc1cc(-c2nc(-c3ccccc3)cs2)cc(C)c1Br. The molecule has 0 saturated carbocycles. The molecule has 0 aliphatic carbocycles. The van der Waals surface area contributed by atoms with Crippen LogP contribution in [0.1, 0.15) is 11.1 Å². The van der Waals surface area contributed by atoms with Crippen molar-refractivity contribution in [2.75, 3.05) is 0 Å². The number of aromatic nitrogens is 1. The molecule has 0 radical (unpaired) electrons. The third-order valence-corrected chi connectivity index (χ3v) is 5.40. The van der Waals surface area contributed by atoms with Gasteiger partial charge in [0.1, 0.15) is 5.01 Å². The van der Waals surface area contributed by atoms with E-state index in [0.29, 0.717) is 0 Å². The van der Waals surface area contributed by atoms with Crippen LogP contribution in [0.2, 0.25) is 0 Å². The highest BCUT2D eigenvalue weighted by atomic mass is 79.9. The average molecular weight is 344 g/mol. The van der Waals surface area contributed by atoms with Crippen LogP contribution in [0.15, 0.2) is 52.3 Å². The van der Waals surface area contributed by atoms with Crippen LogP contribution in [0.5, 0.6) is 0 Å². The Morgan fingerprint density at radius 3 is 2.25 bits per heavy atom. The second kappa shape index (κ2) is 5.51. The first-order valence-corrected chi connectivity index (χ1v) is 8.10. The van der Waals surface area contributed by atoms with Crippen molar-refractivity contribution in [1.82, 2.24) is 4.98 Å². The van der Waals surface area contributed by atoms with Crippen LogP contribution in [0.3, 0.4) is 0 Å². The Labute approximate surface area is 131 Å². The largest absolute Gasteiger partial charge is 0.236 e. The standard InChI is InChI=1S/C17H14BrNS/c1-11-8-14(9-12(2)16(11)18)17-19-15(10-20-17)13-6-4-3-5-7-13/h3-10H,1-2H3. The molecule has 20 heavy (non-hydrogen) atoms. The first-order valence-electron chi connectivity index (χ1n) is 6.43. The van der Waals surface area contributed by atoms with E-state index in [1.807, 2.05) is 18.2 Å². The number of nitrogens with zero attached hydrogens (tertiary/aromatic N) is 1. The van der Waals surface area contributed by atoms with Crippen molar-refractivity contribution in [3.63, 3.8) is 0 Å². The van der Waals surface area contributed by atoms with Gasteiger partial charge in [-0.15, -0.1) is 11.3 Å². The van der Waals surface area contributed by atoms with Gasteiger partial charge in [-0.2, -0.15) is 0 Å². The summed E-state index contributed by atoms with van der Waals surface area (Å²) in [5.41, 5.74) is 5.90. The summed E-state index contributed by atoms with van der Waals surface area (Å²) in [6.45, 7) is 4.23. The maximum atomic E-state index is 4.77. The molecule has 0 saturated heterocycles. The Bertz CT molecular complexity index is 724. The molecule has 1 nitrogen and oxygen atoms in total. The van der Waals surface area contributed by atoms with Crippen LogP contribution in [0, 0.1) is 13.8 Å². The summed E-state index contributed by atoms with van der Waals surface area (Å²) in [6, 6.07) is 14.7. The maximum Gasteiger partial charge on any atom is 0.124 e. The molecule has 0 N–H and O–H groups in total. The van der Waals surface area contributed by atoms with Crippen LogP contribution < -0.4 is 0 Å². The number of thiazole rings is 1. The van der Waals surface area contributed by atoms with E-state index in [4.69, 9.17) is 4.98 Å². The van der Waals surface area contributed by atoms with E-state index >= 15 is 0 Å². The Hall–Kier alpha value is -1.45. The van der Waals surface area contributed by atoms with Crippen molar-refractivity contribution < 1.29 is 0 Å². The molecule has 0 bridgehead atoms. The van der Waals surface area contributed by atoms with Gasteiger partial charge >= 0.3 is 0 Å². The number of aryl methyl sites for hydroxylation is 2. The summed E-state index contributed by atoms with van der Waals surface area (Å²) in [6.07, 6.45) is 0.